The average molecular weight is 333 g/mol. The summed E-state index contributed by atoms with van der Waals surface area (Å²) >= 11 is 0. The fourth-order valence-corrected chi connectivity index (χ4v) is 2.41. The van der Waals surface area contributed by atoms with Crippen LogP contribution in [-0.2, 0) is 6.42 Å². The van der Waals surface area contributed by atoms with Gasteiger partial charge in [0, 0.05) is 12.1 Å². The molecule has 0 atom stereocenters. The molecule has 2 rings (SSSR count). The van der Waals surface area contributed by atoms with Gasteiger partial charge in [-0.15, -0.1) is 0 Å². The second-order valence-corrected chi connectivity index (χ2v) is 4.98. The number of methoxy groups -OCH3 is 3. The molecule has 0 saturated carbocycles. The van der Waals surface area contributed by atoms with E-state index >= 15 is 0 Å². The number of hydrogen-bond acceptors (Lipinski definition) is 4. The van der Waals surface area contributed by atoms with E-state index in [2.05, 4.69) is 5.32 Å². The van der Waals surface area contributed by atoms with Crippen LogP contribution in [0.4, 0.5) is 4.39 Å². The first-order valence-corrected chi connectivity index (χ1v) is 7.43. The lowest BCUT2D eigenvalue weighted by Gasteiger charge is -2.16. The Labute approximate surface area is 140 Å². The quantitative estimate of drug-likeness (QED) is 0.846. The first kappa shape index (κ1) is 17.6. The number of halogens is 1. The molecule has 6 heteroatoms. The molecule has 0 aliphatic heterocycles. The van der Waals surface area contributed by atoms with E-state index < -0.39 is 11.7 Å². The third-order valence-corrected chi connectivity index (χ3v) is 3.58. The Hall–Kier alpha value is -2.76. The van der Waals surface area contributed by atoms with Crippen LogP contribution < -0.4 is 19.5 Å². The van der Waals surface area contributed by atoms with Crippen molar-refractivity contribution >= 4 is 5.91 Å². The second kappa shape index (κ2) is 8.19. The molecular weight excluding hydrogens is 313 g/mol. The lowest BCUT2D eigenvalue weighted by atomic mass is 10.1. The predicted molar refractivity (Wildman–Crippen MR) is 88.5 cm³/mol. The zero-order valence-corrected chi connectivity index (χ0v) is 13.9. The van der Waals surface area contributed by atoms with Gasteiger partial charge in [0.05, 0.1) is 26.9 Å². The van der Waals surface area contributed by atoms with E-state index in [1.807, 2.05) is 6.07 Å². The first-order chi connectivity index (χ1) is 11.6. The lowest BCUT2D eigenvalue weighted by molar-refractivity contribution is 0.0950. The number of hydrogen-bond donors (Lipinski definition) is 1. The second-order valence-electron chi connectivity index (χ2n) is 4.98. The van der Waals surface area contributed by atoms with Crippen LogP contribution >= 0.6 is 0 Å². The first-order valence-electron chi connectivity index (χ1n) is 7.43. The third-order valence-electron chi connectivity index (χ3n) is 3.58. The van der Waals surface area contributed by atoms with Crippen molar-refractivity contribution in [3.05, 3.63) is 53.3 Å². The minimum Gasteiger partial charge on any atom is -0.493 e. The third kappa shape index (κ3) is 3.76. The molecule has 0 aliphatic rings. The molecule has 0 radical (unpaired) electrons. The Kier molecular flexibility index (Phi) is 6.01. The normalized spacial score (nSPS) is 10.2. The van der Waals surface area contributed by atoms with E-state index in [1.54, 1.807) is 32.4 Å². The van der Waals surface area contributed by atoms with Gasteiger partial charge in [0.1, 0.15) is 5.82 Å². The van der Waals surface area contributed by atoms with Crippen molar-refractivity contribution < 1.29 is 23.4 Å². The SMILES string of the molecule is COc1ccc(CCNC(=O)c2ccccc2F)c(OC)c1OC. The summed E-state index contributed by atoms with van der Waals surface area (Å²) in [6.45, 7) is 0.332. The van der Waals surface area contributed by atoms with Crippen molar-refractivity contribution in [2.24, 2.45) is 0 Å². The number of carbonyl (C=O) groups excluding carboxylic acids is 1. The molecule has 0 aromatic heterocycles. The van der Waals surface area contributed by atoms with Crippen molar-refractivity contribution in [2.75, 3.05) is 27.9 Å². The molecule has 1 amide bonds. The molecular formula is C18H20FNO4. The Morgan fingerprint density at radius 2 is 1.71 bits per heavy atom. The number of amides is 1. The number of rotatable bonds is 7. The fourth-order valence-electron chi connectivity index (χ4n) is 2.41. The van der Waals surface area contributed by atoms with Crippen LogP contribution in [0.5, 0.6) is 17.2 Å². The molecule has 0 unspecified atom stereocenters. The van der Waals surface area contributed by atoms with Crippen LogP contribution in [0.2, 0.25) is 0 Å². The van der Waals surface area contributed by atoms with Gasteiger partial charge in [-0.25, -0.2) is 4.39 Å². The molecule has 2 aromatic rings. The Morgan fingerprint density at radius 1 is 1.00 bits per heavy atom. The van der Waals surface area contributed by atoms with Crippen molar-refractivity contribution in [3.8, 4) is 17.2 Å². The van der Waals surface area contributed by atoms with Gasteiger partial charge in [0.25, 0.3) is 5.91 Å². The maximum Gasteiger partial charge on any atom is 0.254 e. The molecule has 1 N–H and O–H groups in total. The summed E-state index contributed by atoms with van der Waals surface area (Å²) in [4.78, 5) is 12.0. The number of benzene rings is 2. The van der Waals surface area contributed by atoms with Crippen LogP contribution in [0.3, 0.4) is 0 Å². The summed E-state index contributed by atoms with van der Waals surface area (Å²) < 4.78 is 29.5. The average Bonchev–Trinajstić information content (AvgIpc) is 2.61. The van der Waals surface area contributed by atoms with E-state index in [0.717, 1.165) is 5.56 Å². The maximum atomic E-state index is 13.6. The molecule has 0 bridgehead atoms. The number of carbonyl (C=O) groups is 1. The van der Waals surface area contributed by atoms with Crippen LogP contribution in [-0.4, -0.2) is 33.8 Å². The topological polar surface area (TPSA) is 56.8 Å². The number of nitrogens with one attached hydrogen (secondary N) is 1. The highest BCUT2D eigenvalue weighted by molar-refractivity contribution is 5.94. The molecule has 128 valence electrons. The molecule has 2 aromatic carbocycles. The van der Waals surface area contributed by atoms with E-state index in [9.17, 15) is 9.18 Å². The van der Waals surface area contributed by atoms with Gasteiger partial charge >= 0.3 is 0 Å². The molecule has 24 heavy (non-hydrogen) atoms. The summed E-state index contributed by atoms with van der Waals surface area (Å²) in [5.41, 5.74) is 0.876. The summed E-state index contributed by atoms with van der Waals surface area (Å²) in [6.07, 6.45) is 0.504. The van der Waals surface area contributed by atoms with Gasteiger partial charge in [0.2, 0.25) is 5.75 Å². The largest absolute Gasteiger partial charge is 0.493 e. The van der Waals surface area contributed by atoms with Crippen LogP contribution in [0, 0.1) is 5.82 Å². The van der Waals surface area contributed by atoms with Crippen molar-refractivity contribution in [3.63, 3.8) is 0 Å². The van der Waals surface area contributed by atoms with Crippen molar-refractivity contribution in [2.45, 2.75) is 6.42 Å². The van der Waals surface area contributed by atoms with Gasteiger partial charge in [-0.3, -0.25) is 4.79 Å². The van der Waals surface area contributed by atoms with Crippen LogP contribution in [0.1, 0.15) is 15.9 Å². The highest BCUT2D eigenvalue weighted by Gasteiger charge is 2.16. The number of ether oxygens (including phenoxy) is 3. The van der Waals surface area contributed by atoms with Gasteiger partial charge in [-0.2, -0.15) is 0 Å². The molecule has 0 saturated heterocycles. The van der Waals surface area contributed by atoms with Gasteiger partial charge in [0.15, 0.2) is 11.5 Å². The van der Waals surface area contributed by atoms with E-state index in [4.69, 9.17) is 14.2 Å². The van der Waals surface area contributed by atoms with Crippen LogP contribution in [0.15, 0.2) is 36.4 Å². The maximum absolute atomic E-state index is 13.6. The van der Waals surface area contributed by atoms with Crippen LogP contribution in [0.25, 0.3) is 0 Å². The van der Waals surface area contributed by atoms with E-state index in [-0.39, 0.29) is 5.56 Å². The molecule has 0 spiro atoms. The van der Waals surface area contributed by atoms with Gasteiger partial charge in [-0.05, 0) is 24.6 Å². The minimum atomic E-state index is -0.543. The lowest BCUT2D eigenvalue weighted by Crippen LogP contribution is -2.26. The van der Waals surface area contributed by atoms with Gasteiger partial charge < -0.3 is 19.5 Å². The Morgan fingerprint density at radius 3 is 2.33 bits per heavy atom. The fraction of sp³-hybridized carbons (Fsp3) is 0.278. The Bertz CT molecular complexity index is 718. The van der Waals surface area contributed by atoms with E-state index in [1.165, 1.54) is 19.2 Å². The smallest absolute Gasteiger partial charge is 0.254 e. The minimum absolute atomic E-state index is 0.0248. The highest BCUT2D eigenvalue weighted by atomic mass is 19.1. The summed E-state index contributed by atoms with van der Waals surface area (Å²) in [7, 11) is 4.62. The van der Waals surface area contributed by atoms with Crippen molar-refractivity contribution in [1.82, 2.24) is 5.32 Å². The zero-order valence-electron chi connectivity index (χ0n) is 13.9. The standard InChI is InChI=1S/C18H20FNO4/c1-22-15-9-8-12(16(23-2)17(15)24-3)10-11-20-18(21)13-6-4-5-7-14(13)19/h4-9H,10-11H2,1-3H3,(H,20,21). The zero-order chi connectivity index (χ0) is 17.5. The summed E-state index contributed by atoms with van der Waals surface area (Å²) in [6, 6.07) is 9.48. The van der Waals surface area contributed by atoms with Crippen molar-refractivity contribution in [1.29, 1.82) is 0 Å². The molecule has 0 heterocycles. The molecule has 0 aliphatic carbocycles. The van der Waals surface area contributed by atoms with E-state index in [0.29, 0.717) is 30.2 Å². The monoisotopic (exact) mass is 333 g/mol. The summed E-state index contributed by atoms with van der Waals surface area (Å²) in [5, 5.41) is 2.70. The van der Waals surface area contributed by atoms with Gasteiger partial charge in [-0.1, -0.05) is 18.2 Å². The Balaban J connectivity index is 2.07. The summed E-state index contributed by atoms with van der Waals surface area (Å²) in [5.74, 6) is 0.620. The molecule has 5 nitrogen and oxygen atoms in total. The predicted octanol–water partition coefficient (Wildman–Crippen LogP) is 2.82. The highest BCUT2D eigenvalue weighted by Crippen LogP contribution is 2.39. The molecule has 0 fully saturated rings.